The summed E-state index contributed by atoms with van der Waals surface area (Å²) in [5, 5.41) is 17.6. The summed E-state index contributed by atoms with van der Waals surface area (Å²) in [6, 6.07) is 6.21. The van der Waals surface area contributed by atoms with Gasteiger partial charge in [-0.15, -0.1) is 0 Å². The summed E-state index contributed by atoms with van der Waals surface area (Å²) in [5.74, 6) is 3.36. The fraction of sp³-hybridized carbons (Fsp3) is 0.700. The third kappa shape index (κ3) is 5.09. The van der Waals surface area contributed by atoms with Crippen LogP contribution >= 0.6 is 0 Å². The van der Waals surface area contributed by atoms with Gasteiger partial charge in [0.05, 0.1) is 35.9 Å². The number of hydrogen-bond acceptors (Lipinski definition) is 5. The molecule has 0 radical (unpaired) electrons. The average molecular weight is 523 g/mol. The molecule has 2 heterocycles. The Morgan fingerprint density at radius 1 is 1.29 bits per heavy atom. The predicted octanol–water partition coefficient (Wildman–Crippen LogP) is 4.11. The Balaban J connectivity index is 1.43. The van der Waals surface area contributed by atoms with Gasteiger partial charge in [0, 0.05) is 31.4 Å². The van der Waals surface area contributed by atoms with E-state index in [-0.39, 0.29) is 18.2 Å². The minimum Gasteiger partial charge on any atom is -0.394 e. The highest BCUT2D eigenvalue weighted by atomic mass is 16.3. The molecule has 0 amide bonds. The van der Waals surface area contributed by atoms with Crippen molar-refractivity contribution in [3.05, 3.63) is 34.9 Å². The number of aliphatic imine (C=N–C) groups is 1. The molecule has 1 saturated heterocycles. The lowest BCUT2D eigenvalue weighted by molar-refractivity contribution is -0.108. The minimum atomic E-state index is -0.265. The standard InChI is InChI=1S/C30H46N6O2/c1-18(2)11-23(16-37)36-17-32-27-14-22(7-8-24(27)28(36)38)33-29(35-10-9-31-19(3)15-35)34-26-13-21-12-25(20(26)4)30(21,5)6/h7-8,14,17-21,23,25-26,31,37H,9-13,15-16H2,1-6H3,(H,33,34). The van der Waals surface area contributed by atoms with Crippen LogP contribution in [-0.2, 0) is 0 Å². The van der Waals surface area contributed by atoms with Crippen molar-refractivity contribution in [1.29, 1.82) is 0 Å². The molecule has 1 aromatic carbocycles. The summed E-state index contributed by atoms with van der Waals surface area (Å²) in [6.07, 6.45) is 4.81. The number of rotatable bonds is 6. The van der Waals surface area contributed by atoms with E-state index in [9.17, 15) is 9.90 Å². The molecule has 4 fully saturated rings. The van der Waals surface area contributed by atoms with Gasteiger partial charge in [0.15, 0.2) is 5.96 Å². The first-order chi connectivity index (χ1) is 18.1. The molecule has 2 bridgehead atoms. The summed E-state index contributed by atoms with van der Waals surface area (Å²) < 4.78 is 1.59. The van der Waals surface area contributed by atoms with Crippen LogP contribution in [0.1, 0.15) is 66.8 Å². The van der Waals surface area contributed by atoms with E-state index in [0.717, 1.165) is 56.0 Å². The highest BCUT2D eigenvalue weighted by Crippen LogP contribution is 2.61. The molecule has 208 valence electrons. The number of aliphatic hydroxyl groups excluding tert-OH is 1. The van der Waals surface area contributed by atoms with Crippen molar-refractivity contribution < 1.29 is 5.11 Å². The van der Waals surface area contributed by atoms with Gasteiger partial charge in [-0.2, -0.15) is 0 Å². The molecule has 8 nitrogen and oxygen atoms in total. The Hall–Kier alpha value is -2.45. The van der Waals surface area contributed by atoms with E-state index in [2.05, 4.69) is 62.1 Å². The lowest BCUT2D eigenvalue weighted by Gasteiger charge is -2.61. The number of nitrogens with zero attached hydrogens (tertiary/aromatic N) is 4. The van der Waals surface area contributed by atoms with Crippen molar-refractivity contribution in [2.24, 2.45) is 34.1 Å². The normalized spacial score (nSPS) is 29.8. The molecule has 4 aliphatic rings. The van der Waals surface area contributed by atoms with E-state index < -0.39 is 0 Å². The average Bonchev–Trinajstić information content (AvgIpc) is 2.88. The Kier molecular flexibility index (Phi) is 7.57. The Bertz CT molecular complexity index is 1240. The largest absolute Gasteiger partial charge is 0.394 e. The van der Waals surface area contributed by atoms with Crippen molar-refractivity contribution in [2.45, 2.75) is 78.9 Å². The van der Waals surface area contributed by atoms with E-state index in [0.29, 0.717) is 40.2 Å². The van der Waals surface area contributed by atoms with Crippen LogP contribution in [0.5, 0.6) is 0 Å². The van der Waals surface area contributed by atoms with Crippen LogP contribution < -0.4 is 16.2 Å². The molecule has 3 aliphatic carbocycles. The number of fused-ring (bicyclic) bond motifs is 3. The summed E-state index contributed by atoms with van der Waals surface area (Å²) in [6.45, 7) is 16.3. The van der Waals surface area contributed by atoms with Crippen molar-refractivity contribution in [1.82, 2.24) is 19.8 Å². The van der Waals surface area contributed by atoms with Crippen molar-refractivity contribution in [3.63, 3.8) is 0 Å². The first kappa shape index (κ1) is 27.1. The number of guanidine groups is 1. The van der Waals surface area contributed by atoms with E-state index in [1.165, 1.54) is 6.42 Å². The van der Waals surface area contributed by atoms with E-state index in [1.807, 2.05) is 18.2 Å². The van der Waals surface area contributed by atoms with Crippen molar-refractivity contribution in [2.75, 3.05) is 31.6 Å². The number of benzene rings is 1. The molecule has 38 heavy (non-hydrogen) atoms. The quantitative estimate of drug-likeness (QED) is 0.391. The van der Waals surface area contributed by atoms with Gasteiger partial charge < -0.3 is 20.6 Å². The van der Waals surface area contributed by atoms with Gasteiger partial charge in [-0.1, -0.05) is 34.6 Å². The maximum absolute atomic E-state index is 13.3. The topological polar surface area (TPSA) is 94.8 Å². The third-order valence-corrected chi connectivity index (χ3v) is 9.66. The molecule has 1 aromatic heterocycles. The number of anilines is 1. The Morgan fingerprint density at radius 2 is 2.08 bits per heavy atom. The Morgan fingerprint density at radius 3 is 2.74 bits per heavy atom. The lowest BCUT2D eigenvalue weighted by Crippen LogP contribution is -2.57. The molecule has 0 spiro atoms. The van der Waals surface area contributed by atoms with Crippen LogP contribution in [0.3, 0.4) is 0 Å². The third-order valence-electron chi connectivity index (χ3n) is 9.66. The molecule has 1 aliphatic heterocycles. The second kappa shape index (κ2) is 10.6. The van der Waals surface area contributed by atoms with Crippen molar-refractivity contribution >= 4 is 22.5 Å². The zero-order valence-corrected chi connectivity index (χ0v) is 23.9. The highest BCUT2D eigenvalue weighted by Gasteiger charge is 2.56. The van der Waals surface area contributed by atoms with Gasteiger partial charge in [-0.25, -0.2) is 9.98 Å². The second-order valence-electron chi connectivity index (χ2n) is 13.1. The van der Waals surface area contributed by atoms with Gasteiger partial charge in [0.25, 0.3) is 5.56 Å². The first-order valence-corrected chi connectivity index (χ1v) is 14.5. The minimum absolute atomic E-state index is 0.0770. The number of piperazine rings is 1. The predicted molar refractivity (Wildman–Crippen MR) is 155 cm³/mol. The maximum atomic E-state index is 13.3. The van der Waals surface area contributed by atoms with Crippen LogP contribution in [0, 0.1) is 29.1 Å². The molecule has 2 aromatic rings. The number of nitrogens with one attached hydrogen (secondary N) is 2. The number of hydrogen-bond donors (Lipinski definition) is 3. The summed E-state index contributed by atoms with van der Waals surface area (Å²) >= 11 is 0. The monoisotopic (exact) mass is 522 g/mol. The SMILES string of the molecule is CC(C)CC(CO)n1cnc2cc(NC(=NC3CC4CC(C3C)C4(C)C)N3CCNC(C)C3)ccc2c1=O. The molecule has 6 atom stereocenters. The number of aliphatic hydroxyl groups is 1. The smallest absolute Gasteiger partial charge is 0.261 e. The first-order valence-electron chi connectivity index (χ1n) is 14.5. The second-order valence-corrected chi connectivity index (χ2v) is 13.1. The fourth-order valence-electron chi connectivity index (χ4n) is 7.19. The van der Waals surface area contributed by atoms with Gasteiger partial charge in [0.2, 0.25) is 0 Å². The zero-order chi connectivity index (χ0) is 27.2. The van der Waals surface area contributed by atoms with E-state index in [1.54, 1.807) is 10.9 Å². The molecule has 6 rings (SSSR count). The molecular weight excluding hydrogens is 476 g/mol. The molecule has 3 saturated carbocycles. The van der Waals surface area contributed by atoms with Crippen LogP contribution in [-0.4, -0.2) is 63.8 Å². The number of aromatic nitrogens is 2. The zero-order valence-electron chi connectivity index (χ0n) is 23.9. The molecular formula is C30H46N6O2. The van der Waals surface area contributed by atoms with Gasteiger partial charge >= 0.3 is 0 Å². The van der Waals surface area contributed by atoms with Gasteiger partial charge in [-0.3, -0.25) is 9.36 Å². The van der Waals surface area contributed by atoms with Crippen LogP contribution in [0.25, 0.3) is 10.9 Å². The maximum Gasteiger partial charge on any atom is 0.261 e. The highest BCUT2D eigenvalue weighted by molar-refractivity contribution is 5.96. The lowest BCUT2D eigenvalue weighted by atomic mass is 9.45. The van der Waals surface area contributed by atoms with Crippen molar-refractivity contribution in [3.8, 4) is 0 Å². The van der Waals surface area contributed by atoms with Gasteiger partial charge in [-0.05, 0) is 73.5 Å². The Labute approximate surface area is 226 Å². The van der Waals surface area contributed by atoms with Crippen LogP contribution in [0.15, 0.2) is 34.3 Å². The van der Waals surface area contributed by atoms with Gasteiger partial charge in [0.1, 0.15) is 0 Å². The van der Waals surface area contributed by atoms with E-state index >= 15 is 0 Å². The summed E-state index contributed by atoms with van der Waals surface area (Å²) in [7, 11) is 0. The molecule has 3 N–H and O–H groups in total. The fourth-order valence-corrected chi connectivity index (χ4v) is 7.19. The van der Waals surface area contributed by atoms with E-state index in [4.69, 9.17) is 4.99 Å². The molecule has 8 heteroatoms. The summed E-state index contributed by atoms with van der Waals surface area (Å²) in [5.41, 5.74) is 1.87. The van der Waals surface area contributed by atoms with Crippen LogP contribution in [0.2, 0.25) is 0 Å². The summed E-state index contributed by atoms with van der Waals surface area (Å²) in [4.78, 5) is 25.6. The molecule has 6 unspecified atom stereocenters. The van der Waals surface area contributed by atoms with Crippen LogP contribution in [0.4, 0.5) is 5.69 Å².